The molecule has 104 valence electrons. The molecule has 0 saturated heterocycles. The van der Waals surface area contributed by atoms with E-state index in [0.29, 0.717) is 18.4 Å². The summed E-state index contributed by atoms with van der Waals surface area (Å²) in [5.74, 6) is 1.19. The SMILES string of the molecule is CC1CC(CN)(C(=O)Nc2ccc(C(C)C)cc2)C1. The molecule has 1 amide bonds. The fourth-order valence-corrected chi connectivity index (χ4v) is 2.93. The molecular formula is C16H24N2O. The summed E-state index contributed by atoms with van der Waals surface area (Å²) in [6.07, 6.45) is 1.80. The van der Waals surface area contributed by atoms with E-state index in [-0.39, 0.29) is 11.3 Å². The molecule has 19 heavy (non-hydrogen) atoms. The van der Waals surface area contributed by atoms with Crippen LogP contribution < -0.4 is 11.1 Å². The van der Waals surface area contributed by atoms with Gasteiger partial charge in [0.15, 0.2) is 0 Å². The van der Waals surface area contributed by atoms with Gasteiger partial charge in [0, 0.05) is 12.2 Å². The van der Waals surface area contributed by atoms with Crippen molar-refractivity contribution in [3.63, 3.8) is 0 Å². The highest BCUT2D eigenvalue weighted by Crippen LogP contribution is 2.45. The van der Waals surface area contributed by atoms with E-state index in [4.69, 9.17) is 5.73 Å². The van der Waals surface area contributed by atoms with E-state index in [1.807, 2.05) is 12.1 Å². The van der Waals surface area contributed by atoms with Crippen LogP contribution in [0.5, 0.6) is 0 Å². The van der Waals surface area contributed by atoms with Crippen LogP contribution in [0.4, 0.5) is 5.69 Å². The average molecular weight is 260 g/mol. The summed E-state index contributed by atoms with van der Waals surface area (Å²) in [6.45, 7) is 6.92. The van der Waals surface area contributed by atoms with Crippen molar-refractivity contribution < 1.29 is 4.79 Å². The third-order valence-corrected chi connectivity index (χ3v) is 4.19. The number of benzene rings is 1. The van der Waals surface area contributed by atoms with E-state index in [0.717, 1.165) is 18.5 Å². The predicted molar refractivity (Wildman–Crippen MR) is 79.0 cm³/mol. The van der Waals surface area contributed by atoms with Crippen molar-refractivity contribution in [2.75, 3.05) is 11.9 Å². The lowest BCUT2D eigenvalue weighted by atomic mass is 9.62. The van der Waals surface area contributed by atoms with Crippen LogP contribution in [0.3, 0.4) is 0 Å². The van der Waals surface area contributed by atoms with E-state index in [1.54, 1.807) is 0 Å². The molecular weight excluding hydrogens is 236 g/mol. The zero-order valence-electron chi connectivity index (χ0n) is 12.1. The summed E-state index contributed by atoms with van der Waals surface area (Å²) in [6, 6.07) is 8.08. The summed E-state index contributed by atoms with van der Waals surface area (Å²) in [5, 5.41) is 3.00. The Morgan fingerprint density at radius 3 is 2.37 bits per heavy atom. The summed E-state index contributed by atoms with van der Waals surface area (Å²) in [7, 11) is 0. The Hall–Kier alpha value is -1.35. The second-order valence-corrected chi connectivity index (χ2v) is 6.23. The van der Waals surface area contributed by atoms with Gasteiger partial charge in [-0.2, -0.15) is 0 Å². The molecule has 2 rings (SSSR count). The molecule has 0 heterocycles. The maximum atomic E-state index is 12.3. The van der Waals surface area contributed by atoms with Gasteiger partial charge in [0.05, 0.1) is 5.41 Å². The van der Waals surface area contributed by atoms with Crippen LogP contribution in [0.2, 0.25) is 0 Å². The van der Waals surface area contributed by atoms with Gasteiger partial charge >= 0.3 is 0 Å². The zero-order valence-corrected chi connectivity index (χ0v) is 12.1. The normalized spacial score (nSPS) is 26.1. The highest BCUT2D eigenvalue weighted by atomic mass is 16.2. The van der Waals surface area contributed by atoms with Crippen LogP contribution in [0.25, 0.3) is 0 Å². The van der Waals surface area contributed by atoms with E-state index >= 15 is 0 Å². The van der Waals surface area contributed by atoms with Gasteiger partial charge < -0.3 is 11.1 Å². The number of nitrogens with two attached hydrogens (primary N) is 1. The third-order valence-electron chi connectivity index (χ3n) is 4.19. The van der Waals surface area contributed by atoms with Crippen LogP contribution in [0.15, 0.2) is 24.3 Å². The van der Waals surface area contributed by atoms with Crippen LogP contribution in [-0.2, 0) is 4.79 Å². The van der Waals surface area contributed by atoms with Crippen molar-refractivity contribution in [1.82, 2.24) is 0 Å². The number of carbonyl (C=O) groups excluding carboxylic acids is 1. The summed E-state index contributed by atoms with van der Waals surface area (Å²) < 4.78 is 0. The second-order valence-electron chi connectivity index (χ2n) is 6.23. The lowest BCUT2D eigenvalue weighted by Gasteiger charge is -2.44. The third kappa shape index (κ3) is 2.81. The molecule has 0 spiro atoms. The number of carbonyl (C=O) groups is 1. The molecule has 1 aliphatic rings. The van der Waals surface area contributed by atoms with Gasteiger partial charge in [0.25, 0.3) is 0 Å². The van der Waals surface area contributed by atoms with Crippen molar-refractivity contribution in [2.45, 2.75) is 39.5 Å². The number of nitrogens with one attached hydrogen (secondary N) is 1. The molecule has 0 atom stereocenters. The van der Waals surface area contributed by atoms with Gasteiger partial charge in [-0.1, -0.05) is 32.9 Å². The molecule has 0 unspecified atom stereocenters. The number of anilines is 1. The van der Waals surface area contributed by atoms with Crippen molar-refractivity contribution in [1.29, 1.82) is 0 Å². The van der Waals surface area contributed by atoms with Gasteiger partial charge in [0.1, 0.15) is 0 Å². The van der Waals surface area contributed by atoms with Crippen LogP contribution in [0, 0.1) is 11.3 Å². The molecule has 0 aromatic heterocycles. The van der Waals surface area contributed by atoms with Crippen molar-refractivity contribution >= 4 is 11.6 Å². The maximum absolute atomic E-state index is 12.3. The molecule has 1 fully saturated rings. The van der Waals surface area contributed by atoms with E-state index < -0.39 is 0 Å². The first-order valence-electron chi connectivity index (χ1n) is 7.08. The predicted octanol–water partition coefficient (Wildman–Crippen LogP) is 3.12. The Labute approximate surface area is 115 Å². The Balaban J connectivity index is 2.02. The molecule has 3 heteroatoms. The molecule has 1 aliphatic carbocycles. The quantitative estimate of drug-likeness (QED) is 0.874. The fraction of sp³-hybridized carbons (Fsp3) is 0.562. The second kappa shape index (κ2) is 5.33. The summed E-state index contributed by atoms with van der Waals surface area (Å²) in [4.78, 5) is 12.3. The van der Waals surface area contributed by atoms with Crippen LogP contribution >= 0.6 is 0 Å². The van der Waals surface area contributed by atoms with Gasteiger partial charge in [-0.15, -0.1) is 0 Å². The molecule has 0 radical (unpaired) electrons. The van der Waals surface area contributed by atoms with E-state index in [2.05, 4.69) is 38.2 Å². The minimum atomic E-state index is -0.337. The molecule has 3 nitrogen and oxygen atoms in total. The number of rotatable bonds is 4. The van der Waals surface area contributed by atoms with Gasteiger partial charge in [-0.25, -0.2) is 0 Å². The molecule has 0 bridgehead atoms. The molecule has 1 aromatic rings. The molecule has 1 saturated carbocycles. The van der Waals surface area contributed by atoms with Crippen LogP contribution in [-0.4, -0.2) is 12.5 Å². The molecule has 1 aromatic carbocycles. The first kappa shape index (κ1) is 14.1. The highest BCUT2D eigenvalue weighted by Gasteiger charge is 2.47. The topological polar surface area (TPSA) is 55.1 Å². The summed E-state index contributed by atoms with van der Waals surface area (Å²) in [5.41, 5.74) is 7.60. The monoisotopic (exact) mass is 260 g/mol. The number of hydrogen-bond donors (Lipinski definition) is 2. The lowest BCUT2D eigenvalue weighted by Crippen LogP contribution is -2.51. The number of hydrogen-bond acceptors (Lipinski definition) is 2. The Kier molecular flexibility index (Phi) is 3.95. The van der Waals surface area contributed by atoms with Gasteiger partial charge in [-0.05, 0) is 42.4 Å². The maximum Gasteiger partial charge on any atom is 0.231 e. The summed E-state index contributed by atoms with van der Waals surface area (Å²) >= 11 is 0. The first-order chi connectivity index (χ1) is 8.97. The van der Waals surface area contributed by atoms with Crippen molar-refractivity contribution in [3.8, 4) is 0 Å². The van der Waals surface area contributed by atoms with Gasteiger partial charge in [-0.3, -0.25) is 4.79 Å². The average Bonchev–Trinajstić information content (AvgIpc) is 2.35. The van der Waals surface area contributed by atoms with Crippen molar-refractivity contribution in [2.24, 2.45) is 17.1 Å². The van der Waals surface area contributed by atoms with Crippen molar-refractivity contribution in [3.05, 3.63) is 29.8 Å². The highest BCUT2D eigenvalue weighted by molar-refractivity contribution is 5.96. The first-order valence-corrected chi connectivity index (χ1v) is 7.08. The Bertz CT molecular complexity index is 444. The number of amides is 1. The Morgan fingerprint density at radius 2 is 1.95 bits per heavy atom. The molecule has 0 aliphatic heterocycles. The fourth-order valence-electron chi connectivity index (χ4n) is 2.93. The standard InChI is InChI=1S/C16H24N2O/c1-11(2)13-4-6-14(7-5-13)18-15(19)16(10-17)8-12(3)9-16/h4-7,11-12H,8-10,17H2,1-3H3,(H,18,19). The largest absolute Gasteiger partial charge is 0.329 e. The molecule has 3 N–H and O–H groups in total. The minimum Gasteiger partial charge on any atom is -0.329 e. The van der Waals surface area contributed by atoms with Gasteiger partial charge in [0.2, 0.25) is 5.91 Å². The minimum absolute atomic E-state index is 0.0744. The van der Waals surface area contributed by atoms with Crippen LogP contribution in [0.1, 0.15) is 45.1 Å². The smallest absolute Gasteiger partial charge is 0.231 e. The zero-order chi connectivity index (χ0) is 14.0. The lowest BCUT2D eigenvalue weighted by molar-refractivity contribution is -0.132. The van der Waals surface area contributed by atoms with E-state index in [1.165, 1.54) is 5.56 Å². The Morgan fingerprint density at radius 1 is 1.37 bits per heavy atom. The van der Waals surface area contributed by atoms with E-state index in [9.17, 15) is 4.79 Å².